The van der Waals surface area contributed by atoms with Crippen LogP contribution in [0.1, 0.15) is 75.2 Å². The van der Waals surface area contributed by atoms with Crippen molar-refractivity contribution < 1.29 is 32.3 Å². The maximum absolute atomic E-state index is 12.6. The lowest BCUT2D eigenvalue weighted by atomic mass is 10.0. The van der Waals surface area contributed by atoms with Gasteiger partial charge in [-0.3, -0.25) is 9.59 Å². The lowest BCUT2D eigenvalue weighted by molar-refractivity contribution is -0.174. The molecule has 0 aromatic carbocycles. The van der Waals surface area contributed by atoms with E-state index in [2.05, 4.69) is 0 Å². The van der Waals surface area contributed by atoms with Crippen LogP contribution in [0.5, 0.6) is 0 Å². The summed E-state index contributed by atoms with van der Waals surface area (Å²) < 4.78 is 28.4. The average molecular weight is 421 g/mol. The van der Waals surface area contributed by atoms with E-state index in [1.165, 1.54) is 0 Å². The highest BCUT2D eigenvalue weighted by Crippen LogP contribution is 2.25. The van der Waals surface area contributed by atoms with E-state index in [9.17, 15) is 9.59 Å². The highest BCUT2D eigenvalue weighted by molar-refractivity contribution is 6.60. The van der Waals surface area contributed by atoms with E-state index < -0.39 is 37.9 Å². The number of carbonyl (C=O) groups excluding carboxylic acids is 2. The third-order valence-electron chi connectivity index (χ3n) is 3.45. The van der Waals surface area contributed by atoms with Gasteiger partial charge in [0.2, 0.25) is 0 Å². The molecule has 28 heavy (non-hydrogen) atoms. The topological polar surface area (TPSA) is 80.3 Å². The number of esters is 2. The maximum Gasteiger partial charge on any atom is 0.500 e. The van der Waals surface area contributed by atoms with Crippen molar-refractivity contribution in [2.45, 2.75) is 92.4 Å². The molecule has 0 saturated heterocycles. The van der Waals surface area contributed by atoms with Crippen LogP contribution in [-0.2, 0) is 32.3 Å². The minimum Gasteiger partial charge on any atom is -0.459 e. The van der Waals surface area contributed by atoms with Crippen LogP contribution < -0.4 is 0 Å². The van der Waals surface area contributed by atoms with Crippen LogP contribution in [-0.4, -0.2) is 51.8 Å². The first-order valence-corrected chi connectivity index (χ1v) is 12.1. The summed E-state index contributed by atoms with van der Waals surface area (Å²) in [5.41, 5.74) is -1.37. The number of ether oxygens (including phenoxy) is 2. The molecular weight excluding hydrogens is 380 g/mol. The average Bonchev–Trinajstić information content (AvgIpc) is 2.48. The Bertz CT molecular complexity index is 435. The van der Waals surface area contributed by atoms with Crippen LogP contribution >= 0.6 is 0 Å². The summed E-state index contributed by atoms with van der Waals surface area (Å²) in [6.07, 6.45) is 0.807. The van der Waals surface area contributed by atoms with E-state index >= 15 is 0 Å². The first-order valence-electron chi connectivity index (χ1n) is 10.2. The molecule has 8 heteroatoms. The molecule has 0 atom stereocenters. The van der Waals surface area contributed by atoms with Gasteiger partial charge in [0.1, 0.15) is 11.2 Å². The fraction of sp³-hybridized carbons (Fsp3) is 0.900. The summed E-state index contributed by atoms with van der Waals surface area (Å²) in [7, 11) is -2.83. The Morgan fingerprint density at radius 3 is 1.39 bits per heavy atom. The highest BCUT2D eigenvalue weighted by atomic mass is 28.4. The van der Waals surface area contributed by atoms with Crippen LogP contribution in [0, 0.1) is 5.92 Å². The van der Waals surface area contributed by atoms with E-state index in [0.29, 0.717) is 32.3 Å². The standard InChI is InChI=1S/C20H40O7Si/c1-10-23-28(24-11-2,25-12-3)15-13-14-16(17(21)26-19(4,5)6)18(22)27-20(7,8)9/h16H,10-15H2,1-9H3. The van der Waals surface area contributed by atoms with Gasteiger partial charge in [-0.05, 0) is 75.2 Å². The van der Waals surface area contributed by atoms with Crippen molar-refractivity contribution in [3.05, 3.63) is 0 Å². The molecule has 0 aromatic rings. The van der Waals surface area contributed by atoms with E-state index in [-0.39, 0.29) is 6.42 Å². The van der Waals surface area contributed by atoms with Gasteiger partial charge in [-0.2, -0.15) is 0 Å². The van der Waals surface area contributed by atoms with E-state index in [0.717, 1.165) is 0 Å². The minimum atomic E-state index is -2.83. The van der Waals surface area contributed by atoms with Crippen LogP contribution in [0.4, 0.5) is 0 Å². The van der Waals surface area contributed by atoms with Crippen LogP contribution in [0.3, 0.4) is 0 Å². The minimum absolute atomic E-state index is 0.284. The van der Waals surface area contributed by atoms with Gasteiger partial charge in [0.25, 0.3) is 0 Å². The summed E-state index contributed by atoms with van der Waals surface area (Å²) in [6, 6.07) is 0.518. The molecule has 0 rings (SSSR count). The van der Waals surface area contributed by atoms with Gasteiger partial charge in [0.05, 0.1) is 0 Å². The molecule has 166 valence electrons. The zero-order valence-corrected chi connectivity index (χ0v) is 20.2. The lowest BCUT2D eigenvalue weighted by Crippen LogP contribution is -2.46. The number of rotatable bonds is 12. The molecule has 0 bridgehead atoms. The first-order chi connectivity index (χ1) is 12.8. The van der Waals surface area contributed by atoms with Gasteiger partial charge in [-0.15, -0.1) is 0 Å². The van der Waals surface area contributed by atoms with Crippen molar-refractivity contribution in [1.29, 1.82) is 0 Å². The van der Waals surface area contributed by atoms with Crippen molar-refractivity contribution >= 4 is 20.7 Å². The van der Waals surface area contributed by atoms with Gasteiger partial charge in [0.15, 0.2) is 5.92 Å². The summed E-state index contributed by atoms with van der Waals surface area (Å²) in [5.74, 6) is -2.13. The Hall–Kier alpha value is -0.963. The molecule has 0 aliphatic carbocycles. The molecule has 0 amide bonds. The largest absolute Gasteiger partial charge is 0.500 e. The third-order valence-corrected chi connectivity index (χ3v) is 6.60. The summed E-state index contributed by atoms with van der Waals surface area (Å²) >= 11 is 0. The Labute approximate surface area is 171 Å². The molecule has 0 aliphatic heterocycles. The fourth-order valence-electron chi connectivity index (χ4n) is 2.60. The molecule has 0 spiro atoms. The molecule has 0 heterocycles. The molecule has 0 aliphatic rings. The molecule has 0 fully saturated rings. The van der Waals surface area contributed by atoms with Crippen molar-refractivity contribution in [3.63, 3.8) is 0 Å². The Morgan fingerprint density at radius 1 is 0.750 bits per heavy atom. The normalized spacial score (nSPS) is 12.9. The van der Waals surface area contributed by atoms with Gasteiger partial charge in [0, 0.05) is 25.9 Å². The first kappa shape index (κ1) is 27.0. The summed E-state index contributed by atoms with van der Waals surface area (Å²) in [4.78, 5) is 25.2. The maximum atomic E-state index is 12.6. The number of hydrogen-bond donors (Lipinski definition) is 0. The summed E-state index contributed by atoms with van der Waals surface area (Å²) in [5, 5.41) is 0. The fourth-order valence-corrected chi connectivity index (χ4v) is 5.24. The second kappa shape index (κ2) is 11.9. The Kier molecular flexibility index (Phi) is 11.5. The monoisotopic (exact) mass is 420 g/mol. The molecular formula is C20H40O7Si. The van der Waals surface area contributed by atoms with E-state index in [1.54, 1.807) is 41.5 Å². The van der Waals surface area contributed by atoms with Gasteiger partial charge in [-0.25, -0.2) is 0 Å². The van der Waals surface area contributed by atoms with Crippen LogP contribution in [0.15, 0.2) is 0 Å². The van der Waals surface area contributed by atoms with Crippen molar-refractivity contribution in [2.75, 3.05) is 19.8 Å². The quantitative estimate of drug-likeness (QED) is 0.267. The zero-order chi connectivity index (χ0) is 22.0. The Balaban J connectivity index is 5.25. The predicted octanol–water partition coefficient (Wildman–Crippen LogP) is 4.11. The molecule has 0 unspecified atom stereocenters. The van der Waals surface area contributed by atoms with Crippen molar-refractivity contribution in [3.8, 4) is 0 Å². The van der Waals surface area contributed by atoms with E-state index in [1.807, 2.05) is 20.8 Å². The SMILES string of the molecule is CCO[Si](CCCC(C(=O)OC(C)(C)C)C(=O)OC(C)(C)C)(OCC)OCC. The van der Waals surface area contributed by atoms with E-state index in [4.69, 9.17) is 22.8 Å². The molecule has 7 nitrogen and oxygen atoms in total. The highest BCUT2D eigenvalue weighted by Gasteiger charge is 2.41. The zero-order valence-electron chi connectivity index (χ0n) is 19.2. The second-order valence-electron chi connectivity index (χ2n) is 8.49. The lowest BCUT2D eigenvalue weighted by Gasteiger charge is -2.29. The van der Waals surface area contributed by atoms with Crippen LogP contribution in [0.2, 0.25) is 6.04 Å². The van der Waals surface area contributed by atoms with Crippen LogP contribution in [0.25, 0.3) is 0 Å². The van der Waals surface area contributed by atoms with Gasteiger partial charge >= 0.3 is 20.7 Å². The molecule has 0 aromatic heterocycles. The summed E-state index contributed by atoms with van der Waals surface area (Å²) in [6.45, 7) is 17.8. The predicted molar refractivity (Wildman–Crippen MR) is 110 cm³/mol. The van der Waals surface area contributed by atoms with Crippen molar-refractivity contribution in [2.24, 2.45) is 5.92 Å². The van der Waals surface area contributed by atoms with Gasteiger partial charge in [-0.1, -0.05) is 0 Å². The van der Waals surface area contributed by atoms with Crippen molar-refractivity contribution in [1.82, 2.24) is 0 Å². The number of hydrogen-bond acceptors (Lipinski definition) is 7. The Morgan fingerprint density at radius 2 is 1.11 bits per heavy atom. The molecule has 0 saturated carbocycles. The smallest absolute Gasteiger partial charge is 0.459 e. The second-order valence-corrected chi connectivity index (χ2v) is 11.2. The molecule has 0 N–H and O–H groups in total. The number of carbonyl (C=O) groups is 2. The third kappa shape index (κ3) is 11.1. The van der Waals surface area contributed by atoms with Gasteiger partial charge < -0.3 is 22.8 Å². The molecule has 0 radical (unpaired) electrons.